The van der Waals surface area contributed by atoms with E-state index in [1.165, 1.54) is 30.7 Å². The Hall–Kier alpha value is -0.720. The summed E-state index contributed by atoms with van der Waals surface area (Å²) in [5.41, 5.74) is 4.50. The van der Waals surface area contributed by atoms with Crippen LogP contribution >= 0.6 is 0 Å². The number of nitrogens with zero attached hydrogens (tertiary/aromatic N) is 1. The van der Waals surface area contributed by atoms with Gasteiger partial charge in [0.05, 0.1) is 0 Å². The van der Waals surface area contributed by atoms with Crippen molar-refractivity contribution in [3.63, 3.8) is 0 Å². The molecule has 0 unspecified atom stereocenters. The van der Waals surface area contributed by atoms with Gasteiger partial charge in [-0.2, -0.15) is 0 Å². The van der Waals surface area contributed by atoms with Crippen LogP contribution in [-0.4, -0.2) is 18.0 Å². The Bertz CT molecular complexity index is 236. The van der Waals surface area contributed by atoms with E-state index in [2.05, 4.69) is 38.7 Å². The fraction of sp³-hybridized carbons (Fsp3) is 0.667. The van der Waals surface area contributed by atoms with Gasteiger partial charge in [0.1, 0.15) is 0 Å². The van der Waals surface area contributed by atoms with Gasteiger partial charge in [-0.1, -0.05) is 13.8 Å². The molecule has 1 heteroatoms. The van der Waals surface area contributed by atoms with Crippen LogP contribution in [0.1, 0.15) is 40.5 Å². The Kier molecular flexibility index (Phi) is 3.58. The van der Waals surface area contributed by atoms with Crippen molar-refractivity contribution in [3.05, 3.63) is 22.9 Å². The van der Waals surface area contributed by atoms with Crippen molar-refractivity contribution in [3.8, 4) is 0 Å². The summed E-state index contributed by atoms with van der Waals surface area (Å²) in [4.78, 5) is 2.48. The topological polar surface area (TPSA) is 3.24 Å². The van der Waals surface area contributed by atoms with E-state index in [1.54, 1.807) is 5.57 Å². The molecule has 0 fully saturated rings. The molecule has 74 valence electrons. The summed E-state index contributed by atoms with van der Waals surface area (Å²) < 4.78 is 0. The van der Waals surface area contributed by atoms with Crippen LogP contribution in [0.25, 0.3) is 0 Å². The highest BCUT2D eigenvalue weighted by atomic mass is 15.1. The van der Waals surface area contributed by atoms with E-state index in [-0.39, 0.29) is 0 Å². The maximum atomic E-state index is 2.48. The Labute approximate surface area is 82.1 Å². The molecule has 1 heterocycles. The van der Waals surface area contributed by atoms with Gasteiger partial charge in [0.15, 0.2) is 0 Å². The van der Waals surface area contributed by atoms with E-state index in [1.807, 2.05) is 0 Å². The van der Waals surface area contributed by atoms with Gasteiger partial charge >= 0.3 is 0 Å². The first kappa shape index (κ1) is 10.4. The van der Waals surface area contributed by atoms with Crippen LogP contribution < -0.4 is 0 Å². The minimum atomic E-state index is 1.15. The molecule has 0 saturated carbocycles. The quantitative estimate of drug-likeness (QED) is 0.642. The monoisotopic (exact) mass is 179 g/mol. The van der Waals surface area contributed by atoms with Crippen LogP contribution in [0.5, 0.6) is 0 Å². The zero-order chi connectivity index (χ0) is 9.84. The van der Waals surface area contributed by atoms with Gasteiger partial charge in [-0.05, 0) is 43.9 Å². The Morgan fingerprint density at radius 2 is 2.00 bits per heavy atom. The van der Waals surface area contributed by atoms with Crippen LogP contribution in [0.15, 0.2) is 22.9 Å². The molecule has 0 radical (unpaired) electrons. The standard InChI is InChI=1S/C12H21N/c1-5-7-13-9-12(6-2)10(3)8-11(13)4/h8H,5-7,9H2,1-4H3. The minimum absolute atomic E-state index is 1.15. The smallest absolute Gasteiger partial charge is 0.0391 e. The minimum Gasteiger partial charge on any atom is -0.371 e. The normalized spacial score (nSPS) is 17.8. The SMILES string of the molecule is CCCN1CC(CC)=C(C)C=C1C. The second kappa shape index (κ2) is 4.50. The van der Waals surface area contributed by atoms with Crippen LogP contribution in [0.2, 0.25) is 0 Å². The lowest BCUT2D eigenvalue weighted by atomic mass is 10.0. The lowest BCUT2D eigenvalue weighted by Crippen LogP contribution is -2.28. The first-order valence-corrected chi connectivity index (χ1v) is 5.30. The summed E-state index contributed by atoms with van der Waals surface area (Å²) in [5, 5.41) is 0. The van der Waals surface area contributed by atoms with Gasteiger partial charge in [-0.25, -0.2) is 0 Å². The predicted molar refractivity (Wildman–Crippen MR) is 58.6 cm³/mol. The van der Waals surface area contributed by atoms with Crippen molar-refractivity contribution in [1.82, 2.24) is 4.90 Å². The van der Waals surface area contributed by atoms with Gasteiger partial charge in [-0.3, -0.25) is 0 Å². The third-order valence-corrected chi connectivity index (χ3v) is 2.78. The first-order valence-electron chi connectivity index (χ1n) is 5.30. The van der Waals surface area contributed by atoms with Gasteiger partial charge in [0, 0.05) is 18.8 Å². The van der Waals surface area contributed by atoms with Gasteiger partial charge in [0.2, 0.25) is 0 Å². The van der Waals surface area contributed by atoms with E-state index in [0.717, 1.165) is 6.54 Å². The molecule has 1 rings (SSSR count). The number of rotatable bonds is 3. The molecule has 0 atom stereocenters. The average Bonchev–Trinajstić information content (AvgIpc) is 2.10. The Morgan fingerprint density at radius 3 is 2.54 bits per heavy atom. The average molecular weight is 179 g/mol. The fourth-order valence-corrected chi connectivity index (χ4v) is 1.90. The maximum absolute atomic E-state index is 2.48. The van der Waals surface area contributed by atoms with E-state index in [0.29, 0.717) is 0 Å². The van der Waals surface area contributed by atoms with Crippen LogP contribution in [0.3, 0.4) is 0 Å². The molecule has 1 aliphatic heterocycles. The maximum Gasteiger partial charge on any atom is 0.0391 e. The molecule has 0 bridgehead atoms. The van der Waals surface area contributed by atoms with Crippen molar-refractivity contribution >= 4 is 0 Å². The highest BCUT2D eigenvalue weighted by Crippen LogP contribution is 2.21. The van der Waals surface area contributed by atoms with Crippen molar-refractivity contribution in [2.24, 2.45) is 0 Å². The van der Waals surface area contributed by atoms with E-state index < -0.39 is 0 Å². The van der Waals surface area contributed by atoms with Crippen LogP contribution in [0.4, 0.5) is 0 Å². The molecule has 0 aliphatic carbocycles. The second-order valence-electron chi connectivity index (χ2n) is 3.85. The molecule has 1 nitrogen and oxygen atoms in total. The highest BCUT2D eigenvalue weighted by molar-refractivity contribution is 5.31. The summed E-state index contributed by atoms with van der Waals surface area (Å²) in [6.45, 7) is 11.3. The molecular weight excluding hydrogens is 158 g/mol. The van der Waals surface area contributed by atoms with Crippen LogP contribution in [0, 0.1) is 0 Å². The molecule has 0 amide bonds. The van der Waals surface area contributed by atoms with Crippen LogP contribution in [-0.2, 0) is 0 Å². The fourth-order valence-electron chi connectivity index (χ4n) is 1.90. The molecule has 13 heavy (non-hydrogen) atoms. The largest absolute Gasteiger partial charge is 0.371 e. The third kappa shape index (κ3) is 2.36. The van der Waals surface area contributed by atoms with Crippen molar-refractivity contribution in [1.29, 1.82) is 0 Å². The second-order valence-corrected chi connectivity index (χ2v) is 3.85. The first-order chi connectivity index (χ1) is 6.19. The summed E-state index contributed by atoms with van der Waals surface area (Å²) in [6, 6.07) is 0. The molecule has 1 aliphatic rings. The lowest BCUT2D eigenvalue weighted by Gasteiger charge is -2.30. The Morgan fingerprint density at radius 1 is 1.31 bits per heavy atom. The summed E-state index contributed by atoms with van der Waals surface area (Å²) in [7, 11) is 0. The van der Waals surface area contributed by atoms with Crippen molar-refractivity contribution in [2.75, 3.05) is 13.1 Å². The van der Waals surface area contributed by atoms with E-state index >= 15 is 0 Å². The zero-order valence-corrected chi connectivity index (χ0v) is 9.35. The van der Waals surface area contributed by atoms with E-state index in [9.17, 15) is 0 Å². The number of hydrogen-bond acceptors (Lipinski definition) is 1. The van der Waals surface area contributed by atoms with Gasteiger partial charge in [-0.15, -0.1) is 0 Å². The number of allylic oxidation sites excluding steroid dienone is 3. The van der Waals surface area contributed by atoms with Gasteiger partial charge < -0.3 is 4.90 Å². The summed E-state index contributed by atoms with van der Waals surface area (Å²) in [5.74, 6) is 0. The lowest BCUT2D eigenvalue weighted by molar-refractivity contribution is 0.362. The zero-order valence-electron chi connectivity index (χ0n) is 9.35. The molecule has 0 N–H and O–H groups in total. The molecule has 0 spiro atoms. The molecule has 0 saturated heterocycles. The molecule has 0 aromatic carbocycles. The molecule has 0 aromatic rings. The third-order valence-electron chi connectivity index (χ3n) is 2.78. The van der Waals surface area contributed by atoms with E-state index in [4.69, 9.17) is 0 Å². The predicted octanol–water partition coefficient (Wildman–Crippen LogP) is 3.34. The molecule has 0 aromatic heterocycles. The number of hydrogen-bond donors (Lipinski definition) is 0. The van der Waals surface area contributed by atoms with Crippen molar-refractivity contribution in [2.45, 2.75) is 40.5 Å². The Balaban J connectivity index is 2.75. The summed E-state index contributed by atoms with van der Waals surface area (Å²) in [6.07, 6.45) is 4.75. The van der Waals surface area contributed by atoms with Gasteiger partial charge in [0.25, 0.3) is 0 Å². The molecular formula is C12H21N. The highest BCUT2D eigenvalue weighted by Gasteiger charge is 2.12. The summed E-state index contributed by atoms with van der Waals surface area (Å²) >= 11 is 0. The van der Waals surface area contributed by atoms with Crippen molar-refractivity contribution < 1.29 is 0 Å².